The van der Waals surface area contributed by atoms with Crippen LogP contribution in [0.15, 0.2) is 60.7 Å². The molecular formula is C24H28N2O3. The molecule has 1 saturated heterocycles. The van der Waals surface area contributed by atoms with E-state index >= 15 is 0 Å². The molecule has 5 nitrogen and oxygen atoms in total. The van der Waals surface area contributed by atoms with E-state index in [1.54, 1.807) is 17.0 Å². The summed E-state index contributed by atoms with van der Waals surface area (Å²) in [7, 11) is 0. The monoisotopic (exact) mass is 392 g/mol. The summed E-state index contributed by atoms with van der Waals surface area (Å²) in [4.78, 5) is 28.4. The third-order valence-electron chi connectivity index (χ3n) is 6.10. The van der Waals surface area contributed by atoms with Gasteiger partial charge in [0.25, 0.3) is 5.91 Å². The second-order valence-corrected chi connectivity index (χ2v) is 8.02. The van der Waals surface area contributed by atoms with Gasteiger partial charge in [-0.3, -0.25) is 14.5 Å². The largest absolute Gasteiger partial charge is 0.353 e. The second-order valence-electron chi connectivity index (χ2n) is 8.02. The van der Waals surface area contributed by atoms with Crippen molar-refractivity contribution in [3.63, 3.8) is 0 Å². The lowest BCUT2D eigenvalue weighted by atomic mass is 9.89. The highest BCUT2D eigenvalue weighted by Gasteiger charge is 2.53. The molecule has 0 bridgehead atoms. The highest BCUT2D eigenvalue weighted by molar-refractivity contribution is 5.98. The van der Waals surface area contributed by atoms with Crippen molar-refractivity contribution in [2.24, 2.45) is 0 Å². The van der Waals surface area contributed by atoms with Crippen molar-refractivity contribution in [3.05, 3.63) is 71.8 Å². The molecule has 0 aromatic heterocycles. The molecule has 4 rings (SSSR count). The van der Waals surface area contributed by atoms with E-state index < -0.39 is 11.8 Å². The molecule has 2 aromatic carbocycles. The van der Waals surface area contributed by atoms with Crippen LogP contribution in [0.2, 0.25) is 0 Å². The Morgan fingerprint density at radius 3 is 2.28 bits per heavy atom. The first-order valence-corrected chi connectivity index (χ1v) is 10.5. The number of rotatable bonds is 4. The van der Waals surface area contributed by atoms with E-state index in [0.29, 0.717) is 5.56 Å². The number of ether oxygens (including phenoxy) is 1. The topological polar surface area (TPSA) is 58.6 Å². The Hall–Kier alpha value is -2.66. The molecule has 29 heavy (non-hydrogen) atoms. The lowest BCUT2D eigenvalue weighted by Gasteiger charge is -2.41. The van der Waals surface area contributed by atoms with Crippen LogP contribution in [-0.2, 0) is 9.53 Å². The van der Waals surface area contributed by atoms with Gasteiger partial charge in [-0.1, -0.05) is 55.0 Å². The minimum Gasteiger partial charge on any atom is -0.353 e. The third kappa shape index (κ3) is 3.92. The van der Waals surface area contributed by atoms with Gasteiger partial charge in [-0.05, 0) is 50.3 Å². The number of hydrogen-bond acceptors (Lipinski definition) is 3. The quantitative estimate of drug-likeness (QED) is 0.853. The van der Waals surface area contributed by atoms with Gasteiger partial charge in [0.1, 0.15) is 11.8 Å². The van der Waals surface area contributed by atoms with Gasteiger partial charge in [-0.25, -0.2) is 0 Å². The molecular weight excluding hydrogens is 364 g/mol. The molecule has 2 aromatic rings. The lowest BCUT2D eigenvalue weighted by Crippen LogP contribution is -2.56. The minimum atomic E-state index is -0.664. The van der Waals surface area contributed by atoms with E-state index in [-0.39, 0.29) is 24.5 Å². The van der Waals surface area contributed by atoms with Gasteiger partial charge in [0.2, 0.25) is 5.91 Å². The fourth-order valence-electron chi connectivity index (χ4n) is 4.53. The Morgan fingerprint density at radius 2 is 1.62 bits per heavy atom. The summed E-state index contributed by atoms with van der Waals surface area (Å²) >= 11 is 0. The fourth-order valence-corrected chi connectivity index (χ4v) is 4.53. The van der Waals surface area contributed by atoms with Crippen LogP contribution >= 0.6 is 0 Å². The van der Waals surface area contributed by atoms with Crippen LogP contribution in [0.5, 0.6) is 0 Å². The molecule has 1 spiro atoms. The maximum atomic E-state index is 13.5. The fraction of sp³-hybridized carbons (Fsp3) is 0.417. The number of nitrogens with one attached hydrogen (secondary N) is 1. The highest BCUT2D eigenvalue weighted by atomic mass is 16.5. The number of amides is 2. The van der Waals surface area contributed by atoms with Gasteiger partial charge in [0.05, 0.1) is 12.6 Å². The summed E-state index contributed by atoms with van der Waals surface area (Å²) in [6, 6.07) is 18.3. The summed E-state index contributed by atoms with van der Waals surface area (Å²) in [5, 5.41) is 3.08. The predicted molar refractivity (Wildman–Crippen MR) is 111 cm³/mol. The average molecular weight is 392 g/mol. The Morgan fingerprint density at radius 1 is 1.00 bits per heavy atom. The third-order valence-corrected chi connectivity index (χ3v) is 6.10. The molecule has 1 heterocycles. The van der Waals surface area contributed by atoms with Gasteiger partial charge < -0.3 is 10.1 Å². The maximum Gasteiger partial charge on any atom is 0.256 e. The van der Waals surface area contributed by atoms with E-state index in [9.17, 15) is 9.59 Å². The van der Waals surface area contributed by atoms with Crippen molar-refractivity contribution in [2.75, 3.05) is 6.61 Å². The van der Waals surface area contributed by atoms with Crippen LogP contribution in [-0.4, -0.2) is 35.1 Å². The minimum absolute atomic E-state index is 0.127. The molecule has 2 fully saturated rings. The molecule has 2 aliphatic rings. The van der Waals surface area contributed by atoms with E-state index in [1.807, 2.05) is 55.5 Å². The van der Waals surface area contributed by atoms with E-state index in [4.69, 9.17) is 4.74 Å². The standard InChI is InChI=1S/C24H28N2O3/c1-18(19-11-5-2-6-12-19)25-22(27)21-17-29-24(15-9-4-10-16-24)26(21)23(28)20-13-7-3-8-14-20/h2-3,5-8,11-14,18,21H,4,9-10,15-17H2,1H3,(H,25,27)/t18-,21-/m1/s1. The van der Waals surface area contributed by atoms with Crippen LogP contribution in [0, 0.1) is 0 Å². The molecule has 1 saturated carbocycles. The summed E-state index contributed by atoms with van der Waals surface area (Å²) in [6.45, 7) is 2.20. The van der Waals surface area contributed by atoms with Gasteiger partial charge in [0, 0.05) is 5.56 Å². The zero-order chi connectivity index (χ0) is 20.3. The SMILES string of the molecule is C[C@@H](NC(=O)[C@H]1COC2(CCCCC2)N1C(=O)c1ccccc1)c1ccccc1. The van der Waals surface area contributed by atoms with Crippen molar-refractivity contribution in [3.8, 4) is 0 Å². The summed E-state index contributed by atoms with van der Waals surface area (Å²) in [5.74, 6) is -0.286. The number of nitrogens with zero attached hydrogens (tertiary/aromatic N) is 1. The lowest BCUT2D eigenvalue weighted by molar-refractivity contribution is -0.127. The van der Waals surface area contributed by atoms with Crippen LogP contribution in [0.1, 0.15) is 61.0 Å². The van der Waals surface area contributed by atoms with Crippen molar-refractivity contribution in [1.29, 1.82) is 0 Å². The molecule has 152 valence electrons. The molecule has 0 radical (unpaired) electrons. The van der Waals surface area contributed by atoms with Crippen LogP contribution in [0.3, 0.4) is 0 Å². The number of carbonyl (C=O) groups is 2. The van der Waals surface area contributed by atoms with Crippen molar-refractivity contribution in [2.45, 2.75) is 56.8 Å². The Balaban J connectivity index is 1.59. The van der Waals surface area contributed by atoms with E-state index in [0.717, 1.165) is 37.7 Å². The van der Waals surface area contributed by atoms with Gasteiger partial charge in [0.15, 0.2) is 0 Å². The van der Waals surface area contributed by atoms with Crippen molar-refractivity contribution >= 4 is 11.8 Å². The molecule has 2 amide bonds. The number of carbonyl (C=O) groups excluding carboxylic acids is 2. The van der Waals surface area contributed by atoms with Crippen LogP contribution in [0.4, 0.5) is 0 Å². The molecule has 1 aliphatic heterocycles. The second kappa shape index (κ2) is 8.37. The number of benzene rings is 2. The molecule has 1 aliphatic carbocycles. The van der Waals surface area contributed by atoms with Crippen molar-refractivity contribution in [1.82, 2.24) is 10.2 Å². The van der Waals surface area contributed by atoms with Gasteiger partial charge >= 0.3 is 0 Å². The zero-order valence-corrected chi connectivity index (χ0v) is 16.8. The summed E-state index contributed by atoms with van der Waals surface area (Å²) in [5.41, 5.74) is 0.966. The molecule has 5 heteroatoms. The average Bonchev–Trinajstić information content (AvgIpc) is 3.13. The highest BCUT2D eigenvalue weighted by Crippen LogP contribution is 2.41. The summed E-state index contributed by atoms with van der Waals surface area (Å²) in [6.07, 6.45) is 4.72. The van der Waals surface area contributed by atoms with Crippen LogP contribution < -0.4 is 5.32 Å². The zero-order valence-electron chi connectivity index (χ0n) is 16.8. The Labute approximate surface area is 172 Å². The normalized spacial score (nSPS) is 21.7. The first kappa shape index (κ1) is 19.6. The van der Waals surface area contributed by atoms with E-state index in [1.165, 1.54) is 0 Å². The first-order chi connectivity index (χ1) is 14.1. The van der Waals surface area contributed by atoms with Gasteiger partial charge in [-0.15, -0.1) is 0 Å². The maximum absolute atomic E-state index is 13.5. The predicted octanol–water partition coefficient (Wildman–Crippen LogP) is 4.07. The van der Waals surface area contributed by atoms with Crippen LogP contribution in [0.25, 0.3) is 0 Å². The van der Waals surface area contributed by atoms with Crippen molar-refractivity contribution < 1.29 is 14.3 Å². The first-order valence-electron chi connectivity index (χ1n) is 10.5. The molecule has 1 N–H and O–H groups in total. The number of hydrogen-bond donors (Lipinski definition) is 1. The molecule has 0 unspecified atom stereocenters. The molecule has 2 atom stereocenters. The smallest absolute Gasteiger partial charge is 0.256 e. The van der Waals surface area contributed by atoms with Gasteiger partial charge in [-0.2, -0.15) is 0 Å². The summed E-state index contributed by atoms with van der Waals surface area (Å²) < 4.78 is 6.20. The Bertz CT molecular complexity index is 847. The Kier molecular flexibility index (Phi) is 5.67. The van der Waals surface area contributed by atoms with E-state index in [2.05, 4.69) is 5.32 Å².